The number of hydrogen-bond donors (Lipinski definition) is 2. The van der Waals surface area contributed by atoms with Crippen molar-refractivity contribution in [3.8, 4) is 6.07 Å². The van der Waals surface area contributed by atoms with Crippen molar-refractivity contribution in [3.63, 3.8) is 0 Å². The van der Waals surface area contributed by atoms with Gasteiger partial charge in [0.1, 0.15) is 11.3 Å². The van der Waals surface area contributed by atoms with Crippen LogP contribution in [0.2, 0.25) is 0 Å². The van der Waals surface area contributed by atoms with E-state index in [2.05, 4.69) is 26.3 Å². The van der Waals surface area contributed by atoms with Crippen LogP contribution in [0.25, 0.3) is 10.9 Å². The van der Waals surface area contributed by atoms with Gasteiger partial charge in [-0.2, -0.15) is 10.2 Å². The summed E-state index contributed by atoms with van der Waals surface area (Å²) in [6.45, 7) is 1.83. The van der Waals surface area contributed by atoms with Crippen molar-refractivity contribution in [1.29, 1.82) is 5.26 Å². The third-order valence-electron chi connectivity index (χ3n) is 5.26. The van der Waals surface area contributed by atoms with E-state index in [1.165, 1.54) is 6.42 Å². The monoisotopic (exact) mass is 338 g/mol. The molecule has 0 radical (unpaired) electrons. The Labute approximate surface area is 146 Å². The first kappa shape index (κ1) is 15.9. The molecule has 2 fully saturated rings. The molecule has 25 heavy (non-hydrogen) atoms. The van der Waals surface area contributed by atoms with Crippen LogP contribution in [0, 0.1) is 17.2 Å². The smallest absolute Gasteiger partial charge is 0.274 e. The molecule has 7 nitrogen and oxygen atoms in total. The molecule has 2 N–H and O–H groups in total. The summed E-state index contributed by atoms with van der Waals surface area (Å²) in [5.74, 6) is 1.27. The Balaban J connectivity index is 1.77. The number of hydrogen-bond acceptors (Lipinski definition) is 6. The quantitative estimate of drug-likeness (QED) is 0.892. The highest BCUT2D eigenvalue weighted by Crippen LogP contribution is 2.30. The lowest BCUT2D eigenvalue weighted by molar-refractivity contribution is 0.568. The lowest BCUT2D eigenvalue weighted by Gasteiger charge is -2.27. The van der Waals surface area contributed by atoms with Crippen molar-refractivity contribution in [2.24, 2.45) is 5.92 Å². The molecule has 2 atom stereocenters. The summed E-state index contributed by atoms with van der Waals surface area (Å²) in [5, 5.41) is 13.5. The predicted octanol–water partition coefficient (Wildman–Crippen LogP) is 2.41. The van der Waals surface area contributed by atoms with Gasteiger partial charge < -0.3 is 15.2 Å². The fraction of sp³-hybridized carbons (Fsp3) is 0.556. The highest BCUT2D eigenvalue weighted by atomic mass is 16.1. The van der Waals surface area contributed by atoms with Crippen LogP contribution in [0.4, 0.5) is 11.8 Å². The van der Waals surface area contributed by atoms with E-state index in [9.17, 15) is 10.1 Å². The number of H-pyrrole nitrogens is 1. The van der Waals surface area contributed by atoms with E-state index in [1.54, 1.807) is 6.20 Å². The highest BCUT2D eigenvalue weighted by molar-refractivity contribution is 5.89. The highest BCUT2D eigenvalue weighted by Gasteiger charge is 2.28. The lowest BCUT2D eigenvalue weighted by atomic mass is 10.1. The SMILES string of the molecule is N#C[C@H]1CCC[C@H]1Nc1nc(N2CCCCC2)nc2c(=O)[nH]ccc12. The molecule has 0 amide bonds. The molecule has 130 valence electrons. The Morgan fingerprint density at radius 3 is 2.84 bits per heavy atom. The van der Waals surface area contributed by atoms with Gasteiger partial charge in [0.25, 0.3) is 5.56 Å². The molecule has 4 rings (SSSR count). The summed E-state index contributed by atoms with van der Waals surface area (Å²) >= 11 is 0. The first-order chi connectivity index (χ1) is 12.3. The molecule has 1 aliphatic carbocycles. The van der Waals surface area contributed by atoms with Crippen molar-refractivity contribution in [1.82, 2.24) is 15.0 Å². The minimum Gasteiger partial charge on any atom is -0.365 e. The second kappa shape index (κ2) is 6.71. The number of fused-ring (bicyclic) bond motifs is 1. The number of rotatable bonds is 3. The van der Waals surface area contributed by atoms with Gasteiger partial charge in [-0.25, -0.2) is 4.98 Å². The number of nitriles is 1. The molecule has 2 aromatic rings. The van der Waals surface area contributed by atoms with E-state index in [4.69, 9.17) is 4.98 Å². The van der Waals surface area contributed by atoms with E-state index in [1.807, 2.05) is 6.07 Å². The minimum absolute atomic E-state index is 0.00884. The molecule has 2 aromatic heterocycles. The zero-order chi connectivity index (χ0) is 17.2. The van der Waals surface area contributed by atoms with Gasteiger partial charge >= 0.3 is 0 Å². The maximum Gasteiger partial charge on any atom is 0.274 e. The van der Waals surface area contributed by atoms with Crippen LogP contribution in [-0.2, 0) is 0 Å². The molecular weight excluding hydrogens is 316 g/mol. The molecule has 0 aromatic carbocycles. The van der Waals surface area contributed by atoms with E-state index < -0.39 is 0 Å². The van der Waals surface area contributed by atoms with Crippen LogP contribution in [-0.4, -0.2) is 34.1 Å². The molecule has 0 spiro atoms. The summed E-state index contributed by atoms with van der Waals surface area (Å²) < 4.78 is 0. The molecule has 0 unspecified atom stereocenters. The number of aromatic amines is 1. The summed E-state index contributed by atoms with van der Waals surface area (Å²) in [4.78, 5) is 26.4. The number of aromatic nitrogens is 3. The van der Waals surface area contributed by atoms with Gasteiger partial charge in [-0.05, 0) is 44.6 Å². The van der Waals surface area contributed by atoms with Crippen molar-refractivity contribution < 1.29 is 0 Å². The van der Waals surface area contributed by atoms with Crippen LogP contribution in [0.1, 0.15) is 38.5 Å². The maximum atomic E-state index is 12.3. The van der Waals surface area contributed by atoms with Crippen LogP contribution in [0.3, 0.4) is 0 Å². The van der Waals surface area contributed by atoms with Crippen LogP contribution in [0.15, 0.2) is 17.1 Å². The van der Waals surface area contributed by atoms with E-state index in [-0.39, 0.29) is 17.5 Å². The van der Waals surface area contributed by atoms with Crippen LogP contribution < -0.4 is 15.8 Å². The Kier molecular flexibility index (Phi) is 4.26. The molecule has 3 heterocycles. The number of nitrogens with zero attached hydrogens (tertiary/aromatic N) is 4. The first-order valence-electron chi connectivity index (χ1n) is 9.07. The third-order valence-corrected chi connectivity index (χ3v) is 5.26. The van der Waals surface area contributed by atoms with Gasteiger partial charge in [-0.1, -0.05) is 0 Å². The van der Waals surface area contributed by atoms with E-state index >= 15 is 0 Å². The maximum absolute atomic E-state index is 12.3. The van der Waals surface area contributed by atoms with Gasteiger partial charge in [0.15, 0.2) is 0 Å². The third kappa shape index (κ3) is 3.04. The fourth-order valence-electron chi connectivity index (χ4n) is 3.87. The van der Waals surface area contributed by atoms with E-state index in [0.717, 1.165) is 45.2 Å². The molecule has 1 saturated heterocycles. The Morgan fingerprint density at radius 2 is 2.04 bits per heavy atom. The van der Waals surface area contributed by atoms with Gasteiger partial charge in [0.05, 0.1) is 12.0 Å². The fourth-order valence-corrected chi connectivity index (χ4v) is 3.87. The summed E-state index contributed by atoms with van der Waals surface area (Å²) in [6, 6.07) is 4.30. The standard InChI is InChI=1S/C18H22N6O/c19-11-12-5-4-6-14(12)21-16-13-7-8-20-17(25)15(13)22-18(23-16)24-9-2-1-3-10-24/h7-8,12,14H,1-6,9-10H2,(H,20,25)(H,21,22,23)/t12-,14-/m1/s1. The van der Waals surface area contributed by atoms with Crippen molar-refractivity contribution in [2.45, 2.75) is 44.6 Å². The zero-order valence-electron chi connectivity index (χ0n) is 14.2. The zero-order valence-corrected chi connectivity index (χ0v) is 14.2. The number of piperidine rings is 1. The van der Waals surface area contributed by atoms with Gasteiger partial charge in [-0.15, -0.1) is 0 Å². The summed E-state index contributed by atoms with van der Waals surface area (Å²) in [5.41, 5.74) is 0.205. The molecule has 1 saturated carbocycles. The molecule has 2 aliphatic rings. The topological polar surface area (TPSA) is 97.7 Å². The van der Waals surface area contributed by atoms with Crippen LogP contribution >= 0.6 is 0 Å². The van der Waals surface area contributed by atoms with Gasteiger partial charge in [-0.3, -0.25) is 4.79 Å². The molecule has 7 heteroatoms. The Morgan fingerprint density at radius 1 is 1.20 bits per heavy atom. The van der Waals surface area contributed by atoms with Gasteiger partial charge in [0.2, 0.25) is 5.95 Å². The Hall–Kier alpha value is -2.62. The molecule has 1 aliphatic heterocycles. The first-order valence-corrected chi connectivity index (χ1v) is 9.07. The number of nitrogens with one attached hydrogen (secondary N) is 2. The lowest BCUT2D eigenvalue weighted by Crippen LogP contribution is -2.32. The number of pyridine rings is 1. The molecular formula is C18H22N6O. The second-order valence-electron chi connectivity index (χ2n) is 6.91. The average molecular weight is 338 g/mol. The van der Waals surface area contributed by atoms with Gasteiger partial charge in [0, 0.05) is 30.7 Å². The van der Waals surface area contributed by atoms with Crippen molar-refractivity contribution in [3.05, 3.63) is 22.6 Å². The number of anilines is 2. The summed E-state index contributed by atoms with van der Waals surface area (Å²) in [7, 11) is 0. The van der Waals surface area contributed by atoms with E-state index in [0.29, 0.717) is 22.7 Å². The predicted molar refractivity (Wildman–Crippen MR) is 96.6 cm³/mol. The average Bonchev–Trinajstić information content (AvgIpc) is 3.10. The normalized spacial score (nSPS) is 23.6. The Bertz CT molecular complexity index is 864. The second-order valence-corrected chi connectivity index (χ2v) is 6.91. The molecule has 0 bridgehead atoms. The largest absolute Gasteiger partial charge is 0.365 e. The van der Waals surface area contributed by atoms with Crippen molar-refractivity contribution in [2.75, 3.05) is 23.3 Å². The minimum atomic E-state index is -0.204. The summed E-state index contributed by atoms with van der Waals surface area (Å²) in [6.07, 6.45) is 7.99. The van der Waals surface area contributed by atoms with Crippen molar-refractivity contribution >= 4 is 22.7 Å². The van der Waals surface area contributed by atoms with Crippen LogP contribution in [0.5, 0.6) is 0 Å².